The van der Waals surface area contributed by atoms with E-state index in [0.717, 1.165) is 44.9 Å². The van der Waals surface area contributed by atoms with Gasteiger partial charge in [0.25, 0.3) is 0 Å². The molecule has 174 valence electrons. The number of hydrogen-bond acceptors (Lipinski definition) is 5. The predicted octanol–water partition coefficient (Wildman–Crippen LogP) is 6.64. The summed E-state index contributed by atoms with van der Waals surface area (Å²) in [5, 5.41) is 13.5. The third-order valence-electron chi connectivity index (χ3n) is 5.49. The maximum atomic E-state index is 12.7. The van der Waals surface area contributed by atoms with Gasteiger partial charge in [-0.3, -0.25) is 4.79 Å². The minimum absolute atomic E-state index is 0.134. The number of thioether (sulfide) groups is 1. The third kappa shape index (κ3) is 5.89. The molecule has 0 aliphatic carbocycles. The summed E-state index contributed by atoms with van der Waals surface area (Å²) in [7, 11) is 1.62. The molecular formula is C29H25N3O2S. The second-order valence-corrected chi connectivity index (χ2v) is 9.11. The van der Waals surface area contributed by atoms with E-state index in [1.165, 1.54) is 11.8 Å². The number of benzene rings is 3. The van der Waals surface area contributed by atoms with Crippen molar-refractivity contribution in [2.24, 2.45) is 0 Å². The van der Waals surface area contributed by atoms with Gasteiger partial charge in [0.15, 0.2) is 0 Å². The van der Waals surface area contributed by atoms with Crippen LogP contribution in [0.4, 0.5) is 5.69 Å². The van der Waals surface area contributed by atoms with Crippen LogP contribution in [0.15, 0.2) is 83.9 Å². The van der Waals surface area contributed by atoms with E-state index in [-0.39, 0.29) is 11.7 Å². The van der Waals surface area contributed by atoms with Crippen molar-refractivity contribution in [1.82, 2.24) is 4.98 Å². The summed E-state index contributed by atoms with van der Waals surface area (Å²) in [5.74, 6) is 0.718. The summed E-state index contributed by atoms with van der Waals surface area (Å²) >= 11 is 1.26. The molecule has 6 heteroatoms. The summed E-state index contributed by atoms with van der Waals surface area (Å²) in [6.07, 6.45) is 0. The number of pyridine rings is 1. The lowest BCUT2D eigenvalue weighted by atomic mass is 9.99. The van der Waals surface area contributed by atoms with Crippen molar-refractivity contribution in [3.8, 4) is 34.2 Å². The first-order valence-corrected chi connectivity index (χ1v) is 12.1. The molecule has 0 fully saturated rings. The van der Waals surface area contributed by atoms with Crippen molar-refractivity contribution >= 4 is 23.4 Å². The molecular weight excluding hydrogens is 454 g/mol. The Morgan fingerprint density at radius 2 is 1.69 bits per heavy atom. The number of ether oxygens (including phenoxy) is 1. The largest absolute Gasteiger partial charge is 0.497 e. The van der Waals surface area contributed by atoms with E-state index in [1.54, 1.807) is 7.11 Å². The summed E-state index contributed by atoms with van der Waals surface area (Å²) in [5.41, 5.74) is 6.75. The lowest BCUT2D eigenvalue weighted by molar-refractivity contribution is -0.113. The molecule has 35 heavy (non-hydrogen) atoms. The maximum Gasteiger partial charge on any atom is 0.234 e. The standard InChI is InChI=1S/C29H25N3O2S/c1-19-7-9-22(10-8-19)27-16-25(21-11-13-24(34-3)14-12-21)26(17-30)29(32-27)35-18-28(33)31-23-6-4-5-20(2)15-23/h4-16H,18H2,1-3H3,(H,31,33). The number of hydrogen-bond donors (Lipinski definition) is 1. The third-order valence-corrected chi connectivity index (χ3v) is 6.46. The van der Waals surface area contributed by atoms with Crippen molar-refractivity contribution in [2.45, 2.75) is 18.9 Å². The maximum absolute atomic E-state index is 12.7. The average Bonchev–Trinajstić information content (AvgIpc) is 2.87. The van der Waals surface area contributed by atoms with Gasteiger partial charge in [-0.15, -0.1) is 0 Å². The minimum Gasteiger partial charge on any atom is -0.497 e. The molecule has 0 atom stereocenters. The Kier molecular flexibility index (Phi) is 7.49. The van der Waals surface area contributed by atoms with Gasteiger partial charge in [-0.1, -0.05) is 65.9 Å². The van der Waals surface area contributed by atoms with E-state index in [0.29, 0.717) is 10.6 Å². The first kappa shape index (κ1) is 24.1. The molecule has 0 saturated heterocycles. The van der Waals surface area contributed by atoms with Gasteiger partial charge in [0, 0.05) is 16.8 Å². The van der Waals surface area contributed by atoms with Gasteiger partial charge in [-0.05, 0) is 55.3 Å². The van der Waals surface area contributed by atoms with Crippen LogP contribution in [0.3, 0.4) is 0 Å². The molecule has 1 heterocycles. The number of anilines is 1. The number of rotatable bonds is 7. The number of methoxy groups -OCH3 is 1. The molecule has 1 aromatic heterocycles. The average molecular weight is 480 g/mol. The molecule has 4 aromatic rings. The summed E-state index contributed by atoms with van der Waals surface area (Å²) in [6, 6.07) is 27.6. The predicted molar refractivity (Wildman–Crippen MR) is 142 cm³/mol. The van der Waals surface area contributed by atoms with Gasteiger partial charge < -0.3 is 10.1 Å². The molecule has 0 saturated carbocycles. The fraction of sp³-hybridized carbons (Fsp3) is 0.138. The van der Waals surface area contributed by atoms with E-state index in [2.05, 4.69) is 11.4 Å². The Morgan fingerprint density at radius 3 is 2.34 bits per heavy atom. The van der Waals surface area contributed by atoms with Crippen molar-refractivity contribution in [1.29, 1.82) is 5.26 Å². The molecule has 1 N–H and O–H groups in total. The summed E-state index contributed by atoms with van der Waals surface area (Å²) < 4.78 is 5.28. The highest BCUT2D eigenvalue weighted by Gasteiger charge is 2.17. The van der Waals surface area contributed by atoms with Gasteiger partial charge in [-0.2, -0.15) is 5.26 Å². The molecule has 0 aliphatic heterocycles. The molecule has 0 spiro atoms. The first-order chi connectivity index (χ1) is 17.0. The van der Waals surface area contributed by atoms with E-state index in [9.17, 15) is 10.1 Å². The molecule has 3 aromatic carbocycles. The topological polar surface area (TPSA) is 75.0 Å². The Hall–Kier alpha value is -4.08. The molecule has 5 nitrogen and oxygen atoms in total. The zero-order valence-corrected chi connectivity index (χ0v) is 20.6. The Morgan fingerprint density at radius 1 is 0.971 bits per heavy atom. The lowest BCUT2D eigenvalue weighted by Gasteiger charge is -2.13. The van der Waals surface area contributed by atoms with Crippen LogP contribution >= 0.6 is 11.8 Å². The highest BCUT2D eigenvalue weighted by Crippen LogP contribution is 2.35. The van der Waals surface area contributed by atoms with Crippen LogP contribution < -0.4 is 10.1 Å². The van der Waals surface area contributed by atoms with Crippen LogP contribution in [0.5, 0.6) is 5.75 Å². The van der Waals surface area contributed by atoms with Gasteiger partial charge >= 0.3 is 0 Å². The zero-order chi connectivity index (χ0) is 24.8. The lowest BCUT2D eigenvalue weighted by Crippen LogP contribution is -2.14. The van der Waals surface area contributed by atoms with E-state index in [1.807, 2.05) is 92.7 Å². The van der Waals surface area contributed by atoms with Crippen molar-refractivity contribution in [2.75, 3.05) is 18.2 Å². The summed E-state index contributed by atoms with van der Waals surface area (Å²) in [4.78, 5) is 17.5. The fourth-order valence-corrected chi connectivity index (χ4v) is 4.46. The normalized spacial score (nSPS) is 10.5. The second kappa shape index (κ2) is 10.9. The van der Waals surface area contributed by atoms with Crippen LogP contribution in [0.2, 0.25) is 0 Å². The Bertz CT molecular complexity index is 1390. The SMILES string of the molecule is COc1ccc(-c2cc(-c3ccc(C)cc3)nc(SCC(=O)Nc3cccc(C)c3)c2C#N)cc1. The van der Waals surface area contributed by atoms with Crippen LogP contribution in [0.25, 0.3) is 22.4 Å². The second-order valence-electron chi connectivity index (χ2n) is 8.15. The molecule has 0 radical (unpaired) electrons. The first-order valence-electron chi connectivity index (χ1n) is 11.1. The van der Waals surface area contributed by atoms with E-state index >= 15 is 0 Å². The molecule has 0 aliphatic rings. The number of carbonyl (C=O) groups is 1. The Labute approximate surface area is 209 Å². The van der Waals surface area contributed by atoms with E-state index in [4.69, 9.17) is 9.72 Å². The number of aromatic nitrogens is 1. The number of aryl methyl sites for hydroxylation is 2. The van der Waals surface area contributed by atoms with E-state index < -0.39 is 0 Å². The van der Waals surface area contributed by atoms with Gasteiger partial charge in [0.2, 0.25) is 5.91 Å². The van der Waals surface area contributed by atoms with Gasteiger partial charge in [-0.25, -0.2) is 4.98 Å². The van der Waals surface area contributed by atoms with Crippen molar-refractivity contribution in [3.05, 3.63) is 95.6 Å². The Balaban J connectivity index is 1.69. The highest BCUT2D eigenvalue weighted by atomic mass is 32.2. The van der Waals surface area contributed by atoms with Crippen molar-refractivity contribution < 1.29 is 9.53 Å². The molecule has 0 bridgehead atoms. The van der Waals surface area contributed by atoms with Crippen LogP contribution in [0, 0.1) is 25.2 Å². The molecule has 4 rings (SSSR count). The van der Waals surface area contributed by atoms with Crippen molar-refractivity contribution in [3.63, 3.8) is 0 Å². The number of carbonyl (C=O) groups excluding carboxylic acids is 1. The monoisotopic (exact) mass is 479 g/mol. The number of nitrogens with zero attached hydrogens (tertiary/aromatic N) is 2. The number of nitrogens with one attached hydrogen (secondary N) is 1. The van der Waals surface area contributed by atoms with Gasteiger partial charge in [0.05, 0.1) is 24.1 Å². The highest BCUT2D eigenvalue weighted by molar-refractivity contribution is 8.00. The number of amides is 1. The van der Waals surface area contributed by atoms with Crippen LogP contribution in [-0.2, 0) is 4.79 Å². The zero-order valence-electron chi connectivity index (χ0n) is 19.8. The molecule has 0 unspecified atom stereocenters. The van der Waals surface area contributed by atoms with Crippen LogP contribution in [-0.4, -0.2) is 23.8 Å². The minimum atomic E-state index is -0.155. The molecule has 1 amide bonds. The quantitative estimate of drug-likeness (QED) is 0.301. The number of nitriles is 1. The smallest absolute Gasteiger partial charge is 0.234 e. The van der Waals surface area contributed by atoms with Gasteiger partial charge in [0.1, 0.15) is 16.8 Å². The fourth-order valence-electron chi connectivity index (χ4n) is 3.66. The van der Waals surface area contributed by atoms with Crippen LogP contribution in [0.1, 0.15) is 16.7 Å². The summed E-state index contributed by atoms with van der Waals surface area (Å²) in [6.45, 7) is 4.01.